The van der Waals surface area contributed by atoms with Gasteiger partial charge in [-0.05, 0) is 26.0 Å². The van der Waals surface area contributed by atoms with E-state index < -0.39 is 5.60 Å². The van der Waals surface area contributed by atoms with Gasteiger partial charge in [-0.15, -0.1) is 0 Å². The van der Waals surface area contributed by atoms with Crippen molar-refractivity contribution >= 4 is 17.6 Å². The number of hydrogen-bond acceptors (Lipinski definition) is 5. The summed E-state index contributed by atoms with van der Waals surface area (Å²) in [4.78, 5) is 17.5. The minimum absolute atomic E-state index is 0.0998. The Balaban J connectivity index is 1.93. The normalized spacial score (nSPS) is 11.3. The molecule has 23 heavy (non-hydrogen) atoms. The summed E-state index contributed by atoms with van der Waals surface area (Å²) in [7, 11) is 1.60. The van der Waals surface area contributed by atoms with Gasteiger partial charge in [0.1, 0.15) is 0 Å². The molecule has 0 aliphatic heterocycles. The van der Waals surface area contributed by atoms with Gasteiger partial charge in [-0.3, -0.25) is 0 Å². The van der Waals surface area contributed by atoms with Crippen molar-refractivity contribution in [3.63, 3.8) is 0 Å². The predicted molar refractivity (Wildman–Crippen MR) is 85.9 cm³/mol. The number of carbonyl (C=O) groups excluding carboxylic acids is 1. The van der Waals surface area contributed by atoms with Crippen LogP contribution in [0.25, 0.3) is 11.4 Å². The first-order valence-corrected chi connectivity index (χ1v) is 7.42. The molecule has 8 heteroatoms. The fraction of sp³-hybridized carbons (Fsp3) is 0.400. The standard InChI is InChI=1S/C15H19ClN4O3/c1-15(2,22)9-20(3)14(21)17-8-12-18-13(19-23-12)10-5-4-6-11(16)7-10/h4-7,22H,8-9H2,1-3H3,(H,17,21). The van der Waals surface area contributed by atoms with Crippen LogP contribution in [-0.2, 0) is 6.54 Å². The van der Waals surface area contributed by atoms with E-state index in [1.807, 2.05) is 6.07 Å². The van der Waals surface area contributed by atoms with Crippen molar-refractivity contribution in [3.8, 4) is 11.4 Å². The molecule has 0 saturated carbocycles. The molecule has 0 bridgehead atoms. The summed E-state index contributed by atoms with van der Waals surface area (Å²) in [5.41, 5.74) is -0.228. The quantitative estimate of drug-likeness (QED) is 0.872. The van der Waals surface area contributed by atoms with Crippen LogP contribution in [0.2, 0.25) is 5.02 Å². The Morgan fingerprint density at radius 2 is 2.22 bits per heavy atom. The van der Waals surface area contributed by atoms with Crippen molar-refractivity contribution in [2.45, 2.75) is 26.0 Å². The number of rotatable bonds is 5. The first-order chi connectivity index (χ1) is 10.7. The van der Waals surface area contributed by atoms with Crippen molar-refractivity contribution in [2.75, 3.05) is 13.6 Å². The highest BCUT2D eigenvalue weighted by Crippen LogP contribution is 2.19. The second-order valence-corrected chi connectivity index (χ2v) is 6.29. The van der Waals surface area contributed by atoms with E-state index in [1.165, 1.54) is 4.90 Å². The van der Waals surface area contributed by atoms with Gasteiger partial charge in [-0.1, -0.05) is 28.9 Å². The molecule has 1 aromatic heterocycles. The summed E-state index contributed by atoms with van der Waals surface area (Å²) < 4.78 is 5.10. The van der Waals surface area contributed by atoms with Crippen LogP contribution in [0, 0.1) is 0 Å². The molecular weight excluding hydrogens is 320 g/mol. The van der Waals surface area contributed by atoms with Gasteiger partial charge in [-0.2, -0.15) is 4.98 Å². The third kappa shape index (κ3) is 5.22. The molecule has 0 aliphatic rings. The fourth-order valence-electron chi connectivity index (χ4n) is 2.01. The Kier molecular flexibility index (Phi) is 5.23. The summed E-state index contributed by atoms with van der Waals surface area (Å²) in [6.07, 6.45) is 0. The summed E-state index contributed by atoms with van der Waals surface area (Å²) in [5, 5.41) is 16.8. The Bertz CT molecular complexity index is 681. The molecule has 0 spiro atoms. The Morgan fingerprint density at radius 1 is 1.48 bits per heavy atom. The average Bonchev–Trinajstić information content (AvgIpc) is 2.91. The van der Waals surface area contributed by atoms with E-state index in [2.05, 4.69) is 15.5 Å². The minimum atomic E-state index is -0.962. The number of aromatic nitrogens is 2. The van der Waals surface area contributed by atoms with Gasteiger partial charge in [-0.25, -0.2) is 4.79 Å². The number of amides is 2. The number of nitrogens with zero attached hydrogens (tertiary/aromatic N) is 3. The Morgan fingerprint density at radius 3 is 2.87 bits per heavy atom. The second-order valence-electron chi connectivity index (χ2n) is 5.85. The number of hydrogen-bond donors (Lipinski definition) is 2. The molecule has 2 amide bonds. The molecule has 2 N–H and O–H groups in total. The molecule has 124 valence electrons. The van der Waals surface area contributed by atoms with Gasteiger partial charge >= 0.3 is 6.03 Å². The SMILES string of the molecule is CN(CC(C)(C)O)C(=O)NCc1nc(-c2cccc(Cl)c2)no1. The molecule has 0 radical (unpaired) electrons. The monoisotopic (exact) mass is 338 g/mol. The lowest BCUT2D eigenvalue weighted by atomic mass is 10.1. The third-order valence-electron chi connectivity index (χ3n) is 2.91. The van der Waals surface area contributed by atoms with Crippen LogP contribution in [0.3, 0.4) is 0 Å². The third-order valence-corrected chi connectivity index (χ3v) is 3.15. The molecule has 1 aromatic carbocycles. The number of halogens is 1. The number of urea groups is 1. The van der Waals surface area contributed by atoms with E-state index in [9.17, 15) is 9.90 Å². The maximum Gasteiger partial charge on any atom is 0.317 e. The molecule has 0 aliphatic carbocycles. The summed E-state index contributed by atoms with van der Waals surface area (Å²) in [6, 6.07) is 6.75. The summed E-state index contributed by atoms with van der Waals surface area (Å²) >= 11 is 5.92. The van der Waals surface area contributed by atoms with Crippen LogP contribution < -0.4 is 5.32 Å². The van der Waals surface area contributed by atoms with Crippen LogP contribution in [0.4, 0.5) is 4.79 Å². The van der Waals surface area contributed by atoms with E-state index in [0.29, 0.717) is 10.8 Å². The van der Waals surface area contributed by atoms with E-state index in [4.69, 9.17) is 16.1 Å². The lowest BCUT2D eigenvalue weighted by Gasteiger charge is -2.25. The zero-order valence-electron chi connectivity index (χ0n) is 13.2. The van der Waals surface area contributed by atoms with Gasteiger partial charge in [0.05, 0.1) is 18.7 Å². The van der Waals surface area contributed by atoms with E-state index >= 15 is 0 Å². The largest absolute Gasteiger partial charge is 0.389 e. The van der Waals surface area contributed by atoms with Crippen molar-refractivity contribution < 1.29 is 14.4 Å². The molecule has 0 atom stereocenters. The number of carbonyl (C=O) groups is 1. The number of aliphatic hydroxyl groups is 1. The van der Waals surface area contributed by atoms with Crippen LogP contribution >= 0.6 is 11.6 Å². The maximum absolute atomic E-state index is 11.9. The molecule has 2 rings (SSSR count). The molecular formula is C15H19ClN4O3. The van der Waals surface area contributed by atoms with Crippen LogP contribution in [0.15, 0.2) is 28.8 Å². The summed E-state index contributed by atoms with van der Waals surface area (Å²) in [5.74, 6) is 0.687. The smallest absolute Gasteiger partial charge is 0.317 e. The van der Waals surface area contributed by atoms with E-state index in [1.54, 1.807) is 39.1 Å². The molecule has 2 aromatic rings. The van der Waals surface area contributed by atoms with Crippen LogP contribution in [0.5, 0.6) is 0 Å². The first-order valence-electron chi connectivity index (χ1n) is 7.04. The first kappa shape index (κ1) is 17.2. The lowest BCUT2D eigenvalue weighted by molar-refractivity contribution is 0.0530. The predicted octanol–water partition coefficient (Wildman–Crippen LogP) is 2.30. The van der Waals surface area contributed by atoms with Crippen molar-refractivity contribution in [3.05, 3.63) is 35.2 Å². The highest BCUT2D eigenvalue weighted by atomic mass is 35.5. The van der Waals surface area contributed by atoms with Crippen LogP contribution in [-0.4, -0.2) is 45.4 Å². The van der Waals surface area contributed by atoms with Crippen molar-refractivity contribution in [2.24, 2.45) is 0 Å². The van der Waals surface area contributed by atoms with Gasteiger partial charge in [0.25, 0.3) is 0 Å². The van der Waals surface area contributed by atoms with Crippen molar-refractivity contribution in [1.29, 1.82) is 0 Å². The molecule has 7 nitrogen and oxygen atoms in total. The van der Waals surface area contributed by atoms with Gasteiger partial charge in [0, 0.05) is 17.6 Å². The number of benzene rings is 1. The Labute approximate surface area is 139 Å². The second kappa shape index (κ2) is 6.97. The zero-order chi connectivity index (χ0) is 17.0. The van der Waals surface area contributed by atoms with E-state index in [0.717, 1.165) is 5.56 Å². The maximum atomic E-state index is 11.9. The van der Waals surface area contributed by atoms with E-state index in [-0.39, 0.29) is 25.0 Å². The van der Waals surface area contributed by atoms with Gasteiger partial charge in [0.15, 0.2) is 0 Å². The minimum Gasteiger partial charge on any atom is -0.389 e. The average molecular weight is 339 g/mol. The van der Waals surface area contributed by atoms with Crippen LogP contribution in [0.1, 0.15) is 19.7 Å². The highest BCUT2D eigenvalue weighted by Gasteiger charge is 2.19. The highest BCUT2D eigenvalue weighted by molar-refractivity contribution is 6.30. The van der Waals surface area contributed by atoms with Gasteiger partial charge in [0.2, 0.25) is 11.7 Å². The number of nitrogens with one attached hydrogen (secondary N) is 1. The number of likely N-dealkylation sites (N-methyl/N-ethyl adjacent to an activating group) is 1. The zero-order valence-corrected chi connectivity index (χ0v) is 14.0. The molecule has 1 heterocycles. The van der Waals surface area contributed by atoms with Crippen molar-refractivity contribution in [1.82, 2.24) is 20.4 Å². The van der Waals surface area contributed by atoms with Gasteiger partial charge < -0.3 is 19.8 Å². The molecule has 0 saturated heterocycles. The Hall–Kier alpha value is -2.12. The molecule has 0 unspecified atom stereocenters. The summed E-state index contributed by atoms with van der Waals surface area (Å²) in [6.45, 7) is 3.57. The fourth-order valence-corrected chi connectivity index (χ4v) is 2.20. The lowest BCUT2D eigenvalue weighted by Crippen LogP contribution is -2.44. The topological polar surface area (TPSA) is 91.5 Å². The molecule has 0 fully saturated rings.